The van der Waals surface area contributed by atoms with E-state index in [0.29, 0.717) is 30.3 Å². The summed E-state index contributed by atoms with van der Waals surface area (Å²) in [6.45, 7) is 0.774. The van der Waals surface area contributed by atoms with Crippen molar-refractivity contribution in [3.63, 3.8) is 0 Å². The summed E-state index contributed by atoms with van der Waals surface area (Å²) in [5, 5.41) is 0.883. The largest absolute Gasteiger partial charge is 0.493 e. The molecule has 1 unspecified atom stereocenters. The van der Waals surface area contributed by atoms with Crippen LogP contribution < -0.4 is 14.4 Å². The second kappa shape index (κ2) is 8.31. The molecule has 0 spiro atoms. The van der Waals surface area contributed by atoms with E-state index in [0.717, 1.165) is 15.2 Å². The van der Waals surface area contributed by atoms with Crippen LogP contribution in [0.1, 0.15) is 11.4 Å². The molecule has 0 bridgehead atoms. The second-order valence-corrected chi connectivity index (χ2v) is 8.33. The van der Waals surface area contributed by atoms with Gasteiger partial charge in [-0.05, 0) is 24.3 Å². The lowest BCUT2D eigenvalue weighted by molar-refractivity contribution is -0.135. The number of amides is 2. The van der Waals surface area contributed by atoms with Gasteiger partial charge in [0.25, 0.3) is 0 Å². The van der Waals surface area contributed by atoms with Gasteiger partial charge >= 0.3 is 0 Å². The van der Waals surface area contributed by atoms with Crippen LogP contribution in [-0.4, -0.2) is 49.5 Å². The highest BCUT2D eigenvalue weighted by Gasteiger charge is 2.37. The lowest BCUT2D eigenvalue weighted by Gasteiger charge is -2.21. The normalized spacial score (nSPS) is 16.2. The minimum absolute atomic E-state index is 0.0504. The number of aromatic nitrogens is 1. The summed E-state index contributed by atoms with van der Waals surface area (Å²) in [6.07, 6.45) is 0.192. The van der Waals surface area contributed by atoms with Gasteiger partial charge in [-0.1, -0.05) is 12.1 Å². The molecule has 8 heteroatoms. The molecule has 1 saturated heterocycles. The topological polar surface area (TPSA) is 72.0 Å². The van der Waals surface area contributed by atoms with Crippen LogP contribution in [0.2, 0.25) is 0 Å². The van der Waals surface area contributed by atoms with Crippen molar-refractivity contribution in [2.45, 2.75) is 13.0 Å². The van der Waals surface area contributed by atoms with E-state index in [1.807, 2.05) is 24.3 Å². The van der Waals surface area contributed by atoms with Crippen molar-refractivity contribution >= 4 is 39.1 Å². The number of thiazole rings is 1. The molecule has 1 aliphatic heterocycles. The Kier molecular flexibility index (Phi) is 5.59. The summed E-state index contributed by atoms with van der Waals surface area (Å²) >= 11 is 1.58. The molecule has 7 nitrogen and oxygen atoms in total. The molecule has 0 radical (unpaired) electrons. The Labute approximate surface area is 178 Å². The van der Waals surface area contributed by atoms with Crippen molar-refractivity contribution < 1.29 is 19.1 Å². The van der Waals surface area contributed by atoms with Crippen LogP contribution in [-0.2, 0) is 16.1 Å². The number of carbonyl (C=O) groups excluding carboxylic acids is 2. The summed E-state index contributed by atoms with van der Waals surface area (Å²) < 4.78 is 11.7. The minimum Gasteiger partial charge on any atom is -0.493 e. The maximum absolute atomic E-state index is 13.0. The third-order valence-corrected chi connectivity index (χ3v) is 6.26. The van der Waals surface area contributed by atoms with Crippen LogP contribution in [0.4, 0.5) is 5.69 Å². The Morgan fingerprint density at radius 1 is 1.20 bits per heavy atom. The van der Waals surface area contributed by atoms with E-state index in [1.165, 1.54) is 0 Å². The SMILES string of the molecule is COc1ccc(N2CC(C(=O)N(C)Cc3nc4ccccc4s3)CC2=O)cc1OC. The maximum Gasteiger partial charge on any atom is 0.228 e. The number of carbonyl (C=O) groups is 2. The number of nitrogens with zero attached hydrogens (tertiary/aromatic N) is 3. The molecular formula is C22H23N3O4S. The number of ether oxygens (including phenoxy) is 2. The molecule has 30 heavy (non-hydrogen) atoms. The predicted molar refractivity (Wildman–Crippen MR) is 116 cm³/mol. The molecule has 2 heterocycles. The Morgan fingerprint density at radius 2 is 1.97 bits per heavy atom. The fourth-order valence-corrected chi connectivity index (χ4v) is 4.72. The van der Waals surface area contributed by atoms with Crippen LogP contribution in [0.25, 0.3) is 10.2 Å². The Hall–Kier alpha value is -3.13. The molecule has 1 fully saturated rings. The van der Waals surface area contributed by atoms with E-state index < -0.39 is 0 Å². The third kappa shape index (κ3) is 3.82. The van der Waals surface area contributed by atoms with Crippen molar-refractivity contribution in [1.29, 1.82) is 0 Å². The standard InChI is InChI=1S/C22H23N3O4S/c1-24(13-20-23-16-6-4-5-7-19(16)30-20)22(27)14-10-21(26)25(12-14)15-8-9-17(28-2)18(11-15)29-3/h4-9,11,14H,10,12-13H2,1-3H3. The molecule has 0 N–H and O–H groups in total. The monoisotopic (exact) mass is 425 g/mol. The first kappa shape index (κ1) is 20.2. The summed E-state index contributed by atoms with van der Waals surface area (Å²) in [6, 6.07) is 13.2. The number of anilines is 1. The fraction of sp³-hybridized carbons (Fsp3) is 0.318. The second-order valence-electron chi connectivity index (χ2n) is 7.21. The molecule has 1 aromatic heterocycles. The van der Waals surface area contributed by atoms with E-state index in [9.17, 15) is 9.59 Å². The number of hydrogen-bond acceptors (Lipinski definition) is 6. The minimum atomic E-state index is -0.384. The molecule has 1 atom stereocenters. The summed E-state index contributed by atoms with van der Waals surface area (Å²) in [5.74, 6) is 0.631. The molecule has 2 aromatic carbocycles. The van der Waals surface area contributed by atoms with E-state index in [2.05, 4.69) is 4.98 Å². The first-order valence-electron chi connectivity index (χ1n) is 9.62. The molecule has 156 valence electrons. The Balaban J connectivity index is 1.45. The van der Waals surface area contributed by atoms with E-state index in [-0.39, 0.29) is 24.2 Å². The number of para-hydroxylation sites is 1. The van der Waals surface area contributed by atoms with E-state index in [4.69, 9.17) is 9.47 Å². The van der Waals surface area contributed by atoms with Gasteiger partial charge in [-0.15, -0.1) is 11.3 Å². The third-order valence-electron chi connectivity index (χ3n) is 5.24. The Bertz CT molecular complexity index is 1060. The quantitative estimate of drug-likeness (QED) is 0.606. The number of benzene rings is 2. The first-order chi connectivity index (χ1) is 14.5. The van der Waals surface area contributed by atoms with Gasteiger partial charge < -0.3 is 19.3 Å². The maximum atomic E-state index is 13.0. The van der Waals surface area contributed by atoms with Gasteiger partial charge in [-0.2, -0.15) is 0 Å². The highest BCUT2D eigenvalue weighted by Crippen LogP contribution is 2.34. The van der Waals surface area contributed by atoms with Gasteiger partial charge in [0.15, 0.2) is 11.5 Å². The number of methoxy groups -OCH3 is 2. The molecule has 2 amide bonds. The van der Waals surface area contributed by atoms with Crippen molar-refractivity contribution in [2.24, 2.45) is 5.92 Å². The molecule has 0 aliphatic carbocycles. The van der Waals surface area contributed by atoms with Crippen molar-refractivity contribution in [3.8, 4) is 11.5 Å². The van der Waals surface area contributed by atoms with Crippen molar-refractivity contribution in [2.75, 3.05) is 32.7 Å². The van der Waals surface area contributed by atoms with Gasteiger partial charge in [0, 0.05) is 31.8 Å². The number of fused-ring (bicyclic) bond motifs is 1. The fourth-order valence-electron chi connectivity index (χ4n) is 3.70. The average Bonchev–Trinajstić information content (AvgIpc) is 3.35. The molecular weight excluding hydrogens is 402 g/mol. The summed E-state index contributed by atoms with van der Waals surface area (Å²) in [4.78, 5) is 33.5. The molecule has 1 aliphatic rings. The van der Waals surface area contributed by atoms with Gasteiger partial charge in [0.1, 0.15) is 5.01 Å². The predicted octanol–water partition coefficient (Wildman–Crippen LogP) is 3.33. The number of rotatable bonds is 6. The lowest BCUT2D eigenvalue weighted by atomic mass is 10.1. The summed E-state index contributed by atoms with van der Waals surface area (Å²) in [7, 11) is 4.88. The molecule has 3 aromatic rings. The van der Waals surface area contributed by atoms with Crippen LogP contribution in [0.5, 0.6) is 11.5 Å². The number of hydrogen-bond donors (Lipinski definition) is 0. The zero-order valence-electron chi connectivity index (χ0n) is 17.1. The highest BCUT2D eigenvalue weighted by atomic mass is 32.1. The van der Waals surface area contributed by atoms with Crippen LogP contribution in [0, 0.1) is 5.92 Å². The molecule has 0 saturated carbocycles. The average molecular weight is 426 g/mol. The van der Waals surface area contributed by atoms with Crippen LogP contribution >= 0.6 is 11.3 Å². The highest BCUT2D eigenvalue weighted by molar-refractivity contribution is 7.18. The first-order valence-corrected chi connectivity index (χ1v) is 10.4. The van der Waals surface area contributed by atoms with Gasteiger partial charge in [0.05, 0.1) is 36.9 Å². The van der Waals surface area contributed by atoms with Gasteiger partial charge in [-0.3, -0.25) is 9.59 Å². The summed E-state index contributed by atoms with van der Waals surface area (Å²) in [5.41, 5.74) is 1.63. The van der Waals surface area contributed by atoms with Crippen LogP contribution in [0.15, 0.2) is 42.5 Å². The van der Waals surface area contributed by atoms with E-state index in [1.54, 1.807) is 60.6 Å². The Morgan fingerprint density at radius 3 is 2.70 bits per heavy atom. The molecule has 4 rings (SSSR count). The zero-order chi connectivity index (χ0) is 21.3. The van der Waals surface area contributed by atoms with Crippen LogP contribution in [0.3, 0.4) is 0 Å². The van der Waals surface area contributed by atoms with E-state index >= 15 is 0 Å². The van der Waals surface area contributed by atoms with Gasteiger partial charge in [0.2, 0.25) is 11.8 Å². The van der Waals surface area contributed by atoms with Crippen molar-refractivity contribution in [3.05, 3.63) is 47.5 Å². The van der Waals surface area contributed by atoms with Crippen molar-refractivity contribution in [1.82, 2.24) is 9.88 Å². The smallest absolute Gasteiger partial charge is 0.228 e. The zero-order valence-corrected chi connectivity index (χ0v) is 17.9. The van der Waals surface area contributed by atoms with Gasteiger partial charge in [-0.25, -0.2) is 4.98 Å². The lowest BCUT2D eigenvalue weighted by Crippen LogP contribution is -2.34.